The van der Waals surface area contributed by atoms with E-state index >= 15 is 0 Å². The molecule has 1 aliphatic heterocycles. The Balaban J connectivity index is 1.82. The van der Waals surface area contributed by atoms with Gasteiger partial charge in [-0.15, -0.1) is 0 Å². The van der Waals surface area contributed by atoms with Gasteiger partial charge in [0.05, 0.1) is 25.9 Å². The molecule has 1 saturated heterocycles. The summed E-state index contributed by atoms with van der Waals surface area (Å²) in [5.74, 6) is 1.90. The van der Waals surface area contributed by atoms with Gasteiger partial charge in [0.15, 0.2) is 0 Å². The molecule has 0 spiro atoms. The van der Waals surface area contributed by atoms with E-state index in [1.54, 1.807) is 0 Å². The minimum absolute atomic E-state index is 0.323. The number of hydrogen-bond donors (Lipinski definition) is 1. The molecule has 20 heavy (non-hydrogen) atoms. The summed E-state index contributed by atoms with van der Waals surface area (Å²) < 4.78 is 11.0. The summed E-state index contributed by atoms with van der Waals surface area (Å²) in [5.41, 5.74) is 0. The summed E-state index contributed by atoms with van der Waals surface area (Å²) in [6.45, 7) is 10.8. The molecule has 5 heteroatoms. The van der Waals surface area contributed by atoms with Crippen molar-refractivity contribution in [1.29, 1.82) is 0 Å². The molecule has 0 amide bonds. The van der Waals surface area contributed by atoms with Crippen LogP contribution in [-0.4, -0.2) is 66.9 Å². The largest absolute Gasteiger partial charge is 0.465 e. The Bertz CT molecular complexity index is 386. The van der Waals surface area contributed by atoms with Crippen LogP contribution in [0, 0.1) is 6.92 Å². The third-order valence-corrected chi connectivity index (χ3v) is 3.53. The highest BCUT2D eigenvalue weighted by Gasteiger charge is 2.15. The molecule has 1 aromatic rings. The Hall–Kier alpha value is -0.880. The number of aliphatic hydroxyl groups excluding tert-OH is 1. The lowest BCUT2D eigenvalue weighted by Gasteiger charge is -2.30. The number of aryl methyl sites for hydroxylation is 1. The summed E-state index contributed by atoms with van der Waals surface area (Å²) >= 11 is 0. The summed E-state index contributed by atoms with van der Waals surface area (Å²) in [5, 5.41) is 9.64. The van der Waals surface area contributed by atoms with E-state index in [2.05, 4.69) is 9.80 Å². The van der Waals surface area contributed by atoms with Crippen LogP contribution in [0.25, 0.3) is 0 Å². The van der Waals surface area contributed by atoms with Gasteiger partial charge in [-0.05, 0) is 26.0 Å². The zero-order valence-corrected chi connectivity index (χ0v) is 12.5. The van der Waals surface area contributed by atoms with Crippen molar-refractivity contribution < 1.29 is 14.3 Å². The first-order chi connectivity index (χ1) is 9.63. The molecule has 1 fully saturated rings. The fourth-order valence-electron chi connectivity index (χ4n) is 2.51. The number of hydrogen-bond acceptors (Lipinski definition) is 5. The van der Waals surface area contributed by atoms with Crippen LogP contribution in [-0.2, 0) is 11.3 Å². The van der Waals surface area contributed by atoms with Gasteiger partial charge in [0.2, 0.25) is 0 Å². The zero-order chi connectivity index (χ0) is 14.4. The van der Waals surface area contributed by atoms with Gasteiger partial charge in [-0.2, -0.15) is 0 Å². The molecule has 2 rings (SSSR count). The number of aliphatic hydroxyl groups is 1. The van der Waals surface area contributed by atoms with Crippen LogP contribution in [0.2, 0.25) is 0 Å². The minimum Gasteiger partial charge on any atom is -0.465 e. The Kier molecular flexibility index (Phi) is 6.04. The Morgan fingerprint density at radius 3 is 2.70 bits per heavy atom. The maximum atomic E-state index is 9.64. The Labute approximate surface area is 121 Å². The van der Waals surface area contributed by atoms with Crippen LogP contribution in [0.1, 0.15) is 18.4 Å². The highest BCUT2D eigenvalue weighted by atomic mass is 16.5. The van der Waals surface area contributed by atoms with Gasteiger partial charge in [0, 0.05) is 32.7 Å². The maximum Gasteiger partial charge on any atom is 0.118 e. The highest BCUT2D eigenvalue weighted by molar-refractivity contribution is 5.05. The van der Waals surface area contributed by atoms with E-state index in [1.165, 1.54) is 0 Å². The number of morpholine rings is 1. The fourth-order valence-corrected chi connectivity index (χ4v) is 2.51. The SMILES string of the molecule is Cc1ccc(CN(CCN2CCOCC2)CC(C)O)o1. The summed E-state index contributed by atoms with van der Waals surface area (Å²) in [4.78, 5) is 4.66. The van der Waals surface area contributed by atoms with Crippen molar-refractivity contribution in [2.75, 3.05) is 45.9 Å². The van der Waals surface area contributed by atoms with Crippen LogP contribution >= 0.6 is 0 Å². The molecule has 1 N–H and O–H groups in total. The van der Waals surface area contributed by atoms with Crippen molar-refractivity contribution in [3.8, 4) is 0 Å². The molecule has 0 aromatic carbocycles. The van der Waals surface area contributed by atoms with Gasteiger partial charge in [-0.25, -0.2) is 0 Å². The zero-order valence-electron chi connectivity index (χ0n) is 12.5. The van der Waals surface area contributed by atoms with E-state index in [-0.39, 0.29) is 6.10 Å². The molecule has 1 atom stereocenters. The third kappa shape index (κ3) is 5.25. The first-order valence-corrected chi connectivity index (χ1v) is 7.39. The lowest BCUT2D eigenvalue weighted by atomic mass is 10.3. The quantitative estimate of drug-likeness (QED) is 0.811. The molecule has 1 aromatic heterocycles. The highest BCUT2D eigenvalue weighted by Crippen LogP contribution is 2.10. The van der Waals surface area contributed by atoms with Crippen molar-refractivity contribution in [1.82, 2.24) is 9.80 Å². The predicted octanol–water partition coefficient (Wildman–Crippen LogP) is 1.10. The molecule has 1 aliphatic rings. The van der Waals surface area contributed by atoms with E-state index in [0.717, 1.165) is 57.5 Å². The molecule has 2 heterocycles. The lowest BCUT2D eigenvalue weighted by Crippen LogP contribution is -2.42. The van der Waals surface area contributed by atoms with Crippen LogP contribution in [0.3, 0.4) is 0 Å². The molecule has 1 unspecified atom stereocenters. The van der Waals surface area contributed by atoms with Crippen LogP contribution < -0.4 is 0 Å². The molecule has 0 saturated carbocycles. The summed E-state index contributed by atoms with van der Waals surface area (Å²) in [6.07, 6.45) is -0.323. The van der Waals surface area contributed by atoms with Crippen molar-refractivity contribution in [3.63, 3.8) is 0 Å². The predicted molar refractivity (Wildman–Crippen MR) is 77.7 cm³/mol. The maximum absolute atomic E-state index is 9.64. The number of rotatable bonds is 7. The van der Waals surface area contributed by atoms with Crippen LogP contribution in [0.5, 0.6) is 0 Å². The van der Waals surface area contributed by atoms with E-state index < -0.39 is 0 Å². The molecular weight excluding hydrogens is 256 g/mol. The Morgan fingerprint density at radius 1 is 1.35 bits per heavy atom. The number of ether oxygens (including phenoxy) is 1. The average Bonchev–Trinajstić information content (AvgIpc) is 2.82. The summed E-state index contributed by atoms with van der Waals surface area (Å²) in [7, 11) is 0. The van der Waals surface area contributed by atoms with E-state index in [4.69, 9.17) is 9.15 Å². The van der Waals surface area contributed by atoms with E-state index in [9.17, 15) is 5.11 Å². The Morgan fingerprint density at radius 2 is 2.10 bits per heavy atom. The monoisotopic (exact) mass is 282 g/mol. The molecule has 0 aliphatic carbocycles. The second kappa shape index (κ2) is 7.78. The fraction of sp³-hybridized carbons (Fsp3) is 0.733. The lowest BCUT2D eigenvalue weighted by molar-refractivity contribution is 0.0293. The van der Waals surface area contributed by atoms with Crippen LogP contribution in [0.4, 0.5) is 0 Å². The van der Waals surface area contributed by atoms with Crippen molar-refractivity contribution in [2.45, 2.75) is 26.5 Å². The van der Waals surface area contributed by atoms with Crippen molar-refractivity contribution in [3.05, 3.63) is 23.7 Å². The molecule has 114 valence electrons. The van der Waals surface area contributed by atoms with E-state index in [1.807, 2.05) is 26.0 Å². The van der Waals surface area contributed by atoms with Crippen molar-refractivity contribution >= 4 is 0 Å². The first-order valence-electron chi connectivity index (χ1n) is 7.39. The van der Waals surface area contributed by atoms with E-state index in [0.29, 0.717) is 6.54 Å². The third-order valence-electron chi connectivity index (χ3n) is 3.53. The topological polar surface area (TPSA) is 49.1 Å². The van der Waals surface area contributed by atoms with Gasteiger partial charge in [-0.1, -0.05) is 0 Å². The van der Waals surface area contributed by atoms with Gasteiger partial charge < -0.3 is 14.3 Å². The minimum atomic E-state index is -0.323. The van der Waals surface area contributed by atoms with Gasteiger partial charge >= 0.3 is 0 Å². The number of furan rings is 1. The van der Waals surface area contributed by atoms with Gasteiger partial charge in [0.25, 0.3) is 0 Å². The second-order valence-electron chi connectivity index (χ2n) is 5.55. The standard InChI is InChI=1S/C15H26N2O3/c1-13(18)11-17(12-15-4-3-14(2)20-15)6-5-16-7-9-19-10-8-16/h3-4,13,18H,5-12H2,1-2H3. The van der Waals surface area contributed by atoms with Gasteiger partial charge in [-0.3, -0.25) is 9.80 Å². The molecule has 0 radical (unpaired) electrons. The second-order valence-corrected chi connectivity index (χ2v) is 5.55. The van der Waals surface area contributed by atoms with Gasteiger partial charge in [0.1, 0.15) is 11.5 Å². The van der Waals surface area contributed by atoms with Crippen LogP contribution in [0.15, 0.2) is 16.5 Å². The summed E-state index contributed by atoms with van der Waals surface area (Å²) in [6, 6.07) is 4.00. The molecule has 0 bridgehead atoms. The molecular formula is C15H26N2O3. The molecule has 5 nitrogen and oxygen atoms in total. The first kappa shape index (κ1) is 15.5. The smallest absolute Gasteiger partial charge is 0.118 e. The number of nitrogens with zero attached hydrogens (tertiary/aromatic N) is 2. The van der Waals surface area contributed by atoms with Crippen molar-refractivity contribution in [2.24, 2.45) is 0 Å². The normalized spacial score (nSPS) is 18.6. The average molecular weight is 282 g/mol.